The van der Waals surface area contributed by atoms with E-state index in [1.807, 2.05) is 18.2 Å². The number of ether oxygens (including phenoxy) is 1. The summed E-state index contributed by atoms with van der Waals surface area (Å²) < 4.78 is 5.61. The Morgan fingerprint density at radius 1 is 1.19 bits per heavy atom. The maximum atomic E-state index is 5.61. The molecule has 1 heteroatoms. The summed E-state index contributed by atoms with van der Waals surface area (Å²) >= 11 is 0. The normalized spacial score (nSPS) is 12.9. The van der Waals surface area contributed by atoms with Crippen LogP contribution in [0.3, 0.4) is 0 Å². The summed E-state index contributed by atoms with van der Waals surface area (Å²) in [6, 6.07) is 10.3. The first-order valence-electron chi connectivity index (χ1n) is 5.79. The molecule has 0 aliphatic carbocycles. The lowest BCUT2D eigenvalue weighted by Gasteiger charge is -2.19. The molecule has 0 spiro atoms. The van der Waals surface area contributed by atoms with Gasteiger partial charge < -0.3 is 4.74 Å². The summed E-state index contributed by atoms with van der Waals surface area (Å²) in [5.74, 6) is 0. The molecule has 16 heavy (non-hydrogen) atoms. The number of rotatable bonds is 4. The highest BCUT2D eigenvalue weighted by molar-refractivity contribution is 5.13. The van der Waals surface area contributed by atoms with E-state index >= 15 is 0 Å². The van der Waals surface area contributed by atoms with Crippen LogP contribution in [0.25, 0.3) is 0 Å². The van der Waals surface area contributed by atoms with E-state index in [0.29, 0.717) is 13.2 Å². The molecule has 1 nitrogen and oxygen atoms in total. The molecular formula is C15H22O. The SMILES string of the molecule is CC(=CCOCc1ccccc1)C(C)(C)C. The fraction of sp³-hybridized carbons (Fsp3) is 0.467. The average molecular weight is 218 g/mol. The second-order valence-electron chi connectivity index (χ2n) is 5.14. The minimum absolute atomic E-state index is 0.246. The van der Waals surface area contributed by atoms with Gasteiger partial charge in [-0.2, -0.15) is 0 Å². The van der Waals surface area contributed by atoms with Crippen LogP contribution in [-0.4, -0.2) is 6.61 Å². The fourth-order valence-corrected chi connectivity index (χ4v) is 1.24. The molecule has 0 heterocycles. The van der Waals surface area contributed by atoms with Gasteiger partial charge in [-0.05, 0) is 17.9 Å². The van der Waals surface area contributed by atoms with Gasteiger partial charge >= 0.3 is 0 Å². The van der Waals surface area contributed by atoms with Gasteiger partial charge in [0.2, 0.25) is 0 Å². The van der Waals surface area contributed by atoms with Gasteiger partial charge in [0.1, 0.15) is 0 Å². The van der Waals surface area contributed by atoms with Crippen LogP contribution in [0.5, 0.6) is 0 Å². The molecule has 1 rings (SSSR count). The second kappa shape index (κ2) is 5.86. The molecule has 0 radical (unpaired) electrons. The molecule has 0 saturated heterocycles. The lowest BCUT2D eigenvalue weighted by atomic mass is 9.87. The van der Waals surface area contributed by atoms with Gasteiger partial charge in [0, 0.05) is 0 Å². The minimum atomic E-state index is 0.246. The maximum absolute atomic E-state index is 5.61. The Labute approximate surface area is 99.1 Å². The topological polar surface area (TPSA) is 9.23 Å². The van der Waals surface area contributed by atoms with Crippen molar-refractivity contribution in [3.05, 3.63) is 47.5 Å². The van der Waals surface area contributed by atoms with Gasteiger partial charge in [0.05, 0.1) is 13.2 Å². The number of allylic oxidation sites excluding steroid dienone is 1. The van der Waals surface area contributed by atoms with Crippen LogP contribution in [0, 0.1) is 5.41 Å². The predicted octanol–water partition coefficient (Wildman–Crippen LogP) is 4.20. The van der Waals surface area contributed by atoms with Crippen molar-refractivity contribution in [3.63, 3.8) is 0 Å². The van der Waals surface area contributed by atoms with Crippen molar-refractivity contribution >= 4 is 0 Å². The van der Waals surface area contributed by atoms with Gasteiger partial charge in [-0.3, -0.25) is 0 Å². The monoisotopic (exact) mass is 218 g/mol. The quantitative estimate of drug-likeness (QED) is 0.543. The standard InChI is InChI=1S/C15H22O/c1-13(15(2,3)4)10-11-16-12-14-8-6-5-7-9-14/h5-10H,11-12H2,1-4H3. The van der Waals surface area contributed by atoms with Gasteiger partial charge in [-0.1, -0.05) is 62.8 Å². The first-order valence-corrected chi connectivity index (χ1v) is 5.79. The zero-order valence-corrected chi connectivity index (χ0v) is 10.8. The third-order valence-electron chi connectivity index (χ3n) is 2.80. The van der Waals surface area contributed by atoms with Crippen LogP contribution in [0.15, 0.2) is 42.0 Å². The Kier molecular flexibility index (Phi) is 4.75. The molecule has 0 atom stereocenters. The highest BCUT2D eigenvalue weighted by Gasteiger charge is 2.11. The van der Waals surface area contributed by atoms with Gasteiger partial charge in [-0.25, -0.2) is 0 Å². The number of benzene rings is 1. The van der Waals surface area contributed by atoms with Crippen LogP contribution in [0.2, 0.25) is 0 Å². The third kappa shape index (κ3) is 4.63. The van der Waals surface area contributed by atoms with Crippen LogP contribution in [0.4, 0.5) is 0 Å². The van der Waals surface area contributed by atoms with Gasteiger partial charge in [0.25, 0.3) is 0 Å². The molecule has 0 unspecified atom stereocenters. The molecule has 0 N–H and O–H groups in total. The molecule has 88 valence electrons. The van der Waals surface area contributed by atoms with Crippen molar-refractivity contribution in [3.8, 4) is 0 Å². The predicted molar refractivity (Wildman–Crippen MR) is 69.3 cm³/mol. The summed E-state index contributed by atoms with van der Waals surface area (Å²) in [6.07, 6.45) is 2.17. The van der Waals surface area contributed by atoms with E-state index in [1.165, 1.54) is 11.1 Å². The van der Waals surface area contributed by atoms with E-state index in [9.17, 15) is 0 Å². The molecule has 0 bridgehead atoms. The van der Waals surface area contributed by atoms with Crippen LogP contribution < -0.4 is 0 Å². The van der Waals surface area contributed by atoms with E-state index in [-0.39, 0.29) is 5.41 Å². The van der Waals surface area contributed by atoms with Crippen molar-refractivity contribution in [1.82, 2.24) is 0 Å². The van der Waals surface area contributed by atoms with Crippen molar-refractivity contribution in [2.75, 3.05) is 6.61 Å². The first kappa shape index (κ1) is 13.0. The minimum Gasteiger partial charge on any atom is -0.373 e. The van der Waals surface area contributed by atoms with E-state index < -0.39 is 0 Å². The van der Waals surface area contributed by atoms with E-state index in [4.69, 9.17) is 4.74 Å². The largest absolute Gasteiger partial charge is 0.373 e. The summed E-state index contributed by atoms with van der Waals surface area (Å²) in [5, 5.41) is 0. The van der Waals surface area contributed by atoms with Crippen molar-refractivity contribution in [2.24, 2.45) is 5.41 Å². The highest BCUT2D eigenvalue weighted by Crippen LogP contribution is 2.23. The van der Waals surface area contributed by atoms with Crippen molar-refractivity contribution < 1.29 is 4.74 Å². The molecule has 1 aromatic carbocycles. The molecule has 0 amide bonds. The van der Waals surface area contributed by atoms with Crippen LogP contribution >= 0.6 is 0 Å². The zero-order valence-electron chi connectivity index (χ0n) is 10.8. The summed E-state index contributed by atoms with van der Waals surface area (Å²) in [5.41, 5.74) is 2.85. The van der Waals surface area contributed by atoms with E-state index in [0.717, 1.165) is 0 Å². The fourth-order valence-electron chi connectivity index (χ4n) is 1.24. The smallest absolute Gasteiger partial charge is 0.0721 e. The van der Waals surface area contributed by atoms with E-state index in [1.54, 1.807) is 0 Å². The summed E-state index contributed by atoms with van der Waals surface area (Å²) in [6.45, 7) is 10.2. The van der Waals surface area contributed by atoms with Crippen molar-refractivity contribution in [2.45, 2.75) is 34.3 Å². The zero-order chi connectivity index (χ0) is 12.0. The molecule has 1 aromatic rings. The molecular weight excluding hydrogens is 196 g/mol. The molecule has 0 aliphatic rings. The van der Waals surface area contributed by atoms with Gasteiger partial charge in [0.15, 0.2) is 0 Å². The highest BCUT2D eigenvalue weighted by atomic mass is 16.5. The molecule has 0 aliphatic heterocycles. The third-order valence-corrected chi connectivity index (χ3v) is 2.80. The van der Waals surface area contributed by atoms with Crippen LogP contribution in [0.1, 0.15) is 33.3 Å². The van der Waals surface area contributed by atoms with Gasteiger partial charge in [-0.15, -0.1) is 0 Å². The number of hydrogen-bond donors (Lipinski definition) is 0. The Balaban J connectivity index is 2.32. The average Bonchev–Trinajstić information content (AvgIpc) is 2.24. The van der Waals surface area contributed by atoms with E-state index in [2.05, 4.69) is 45.9 Å². The molecule has 0 saturated carbocycles. The Bertz CT molecular complexity index is 330. The second-order valence-corrected chi connectivity index (χ2v) is 5.14. The first-order chi connectivity index (χ1) is 7.50. The Morgan fingerprint density at radius 2 is 1.81 bits per heavy atom. The summed E-state index contributed by atoms with van der Waals surface area (Å²) in [7, 11) is 0. The molecule has 0 aromatic heterocycles. The summed E-state index contributed by atoms with van der Waals surface area (Å²) in [4.78, 5) is 0. The van der Waals surface area contributed by atoms with Crippen molar-refractivity contribution in [1.29, 1.82) is 0 Å². The number of hydrogen-bond acceptors (Lipinski definition) is 1. The molecule has 0 fully saturated rings. The Hall–Kier alpha value is -1.08. The Morgan fingerprint density at radius 3 is 2.38 bits per heavy atom. The lowest BCUT2D eigenvalue weighted by Crippen LogP contribution is -2.07. The maximum Gasteiger partial charge on any atom is 0.0721 e. The van der Waals surface area contributed by atoms with Crippen LogP contribution in [-0.2, 0) is 11.3 Å². The lowest BCUT2D eigenvalue weighted by molar-refractivity contribution is 0.147.